The van der Waals surface area contributed by atoms with Crippen molar-refractivity contribution in [2.75, 3.05) is 0 Å². The van der Waals surface area contributed by atoms with Crippen molar-refractivity contribution in [1.82, 2.24) is 14.8 Å². The lowest BCUT2D eigenvalue weighted by molar-refractivity contribution is -0.141. The molecule has 104 valence electrons. The summed E-state index contributed by atoms with van der Waals surface area (Å²) >= 11 is 0. The van der Waals surface area contributed by atoms with Gasteiger partial charge in [-0.1, -0.05) is 12.8 Å². The molecule has 1 heterocycles. The monoisotopic (exact) mass is 263 g/mol. The minimum Gasteiger partial charge on any atom is -0.481 e. The molecular weight excluding hydrogens is 242 g/mol. The molecule has 2 unspecified atom stereocenters. The Kier molecular flexibility index (Phi) is 3.29. The minimum absolute atomic E-state index is 0.198. The first kappa shape index (κ1) is 12.6. The Labute approximate surface area is 113 Å². The number of aliphatic carboxylic acids is 1. The van der Waals surface area contributed by atoms with E-state index in [0.29, 0.717) is 12.3 Å². The lowest BCUT2D eigenvalue weighted by atomic mass is 10.0. The Hall–Kier alpha value is -1.39. The summed E-state index contributed by atoms with van der Waals surface area (Å²) in [5.41, 5.74) is 0. The molecule has 1 aromatic rings. The Morgan fingerprint density at radius 3 is 2.58 bits per heavy atom. The van der Waals surface area contributed by atoms with Gasteiger partial charge in [0, 0.05) is 18.9 Å². The largest absolute Gasteiger partial charge is 0.481 e. The number of carboxylic acid groups (broad SMARTS) is 1. The van der Waals surface area contributed by atoms with Crippen molar-refractivity contribution in [3.8, 4) is 0 Å². The van der Waals surface area contributed by atoms with Gasteiger partial charge in [0.25, 0.3) is 0 Å². The normalized spacial score (nSPS) is 28.1. The highest BCUT2D eigenvalue weighted by Gasteiger charge is 2.34. The number of hydrogen-bond donors (Lipinski definition) is 1. The summed E-state index contributed by atoms with van der Waals surface area (Å²) < 4.78 is 1.88. The number of nitrogens with zero attached hydrogens (tertiary/aromatic N) is 3. The van der Waals surface area contributed by atoms with Gasteiger partial charge in [-0.05, 0) is 32.1 Å². The first-order chi connectivity index (χ1) is 9.15. The van der Waals surface area contributed by atoms with Gasteiger partial charge in [-0.25, -0.2) is 4.98 Å². The van der Waals surface area contributed by atoms with Crippen LogP contribution in [0.1, 0.15) is 68.4 Å². The summed E-state index contributed by atoms with van der Waals surface area (Å²) in [6.45, 7) is 0. The molecule has 0 amide bonds. The van der Waals surface area contributed by atoms with Gasteiger partial charge in [0.2, 0.25) is 0 Å². The molecule has 3 rings (SSSR count). The van der Waals surface area contributed by atoms with Crippen LogP contribution in [-0.2, 0) is 11.8 Å². The highest BCUT2D eigenvalue weighted by Crippen LogP contribution is 2.39. The standard InChI is InChI=1S/C14H21N3O2/c1-17-13(10-6-7-11(8-10)14(18)19)15-12(16-17)9-4-2-3-5-9/h9-11H,2-8H2,1H3,(H,18,19). The van der Waals surface area contributed by atoms with Gasteiger partial charge in [-0.15, -0.1) is 0 Å². The minimum atomic E-state index is -0.666. The summed E-state index contributed by atoms with van der Waals surface area (Å²) in [5, 5.41) is 13.6. The lowest BCUT2D eigenvalue weighted by Crippen LogP contribution is -2.10. The van der Waals surface area contributed by atoms with E-state index >= 15 is 0 Å². The smallest absolute Gasteiger partial charge is 0.306 e. The van der Waals surface area contributed by atoms with E-state index in [1.54, 1.807) is 0 Å². The molecule has 5 nitrogen and oxygen atoms in total. The van der Waals surface area contributed by atoms with Gasteiger partial charge < -0.3 is 5.11 Å². The van der Waals surface area contributed by atoms with Gasteiger partial charge >= 0.3 is 5.97 Å². The number of carbonyl (C=O) groups is 1. The maximum absolute atomic E-state index is 11.0. The molecular formula is C14H21N3O2. The second-order valence-electron chi connectivity index (χ2n) is 5.98. The molecule has 0 saturated heterocycles. The number of aromatic nitrogens is 3. The van der Waals surface area contributed by atoms with E-state index in [0.717, 1.165) is 24.5 Å². The Balaban J connectivity index is 1.76. The predicted molar refractivity (Wildman–Crippen MR) is 69.9 cm³/mol. The van der Waals surface area contributed by atoms with E-state index in [4.69, 9.17) is 10.1 Å². The average molecular weight is 263 g/mol. The maximum Gasteiger partial charge on any atom is 0.306 e. The number of rotatable bonds is 3. The van der Waals surface area contributed by atoms with Crippen molar-refractivity contribution in [3.63, 3.8) is 0 Å². The molecule has 2 fully saturated rings. The SMILES string of the molecule is Cn1nc(C2CCCC2)nc1C1CCC(C(=O)O)C1. The molecule has 19 heavy (non-hydrogen) atoms. The van der Waals surface area contributed by atoms with E-state index in [9.17, 15) is 4.79 Å². The quantitative estimate of drug-likeness (QED) is 0.909. The van der Waals surface area contributed by atoms with Crippen molar-refractivity contribution in [3.05, 3.63) is 11.6 Å². The third-order valence-electron chi connectivity index (χ3n) is 4.68. The zero-order chi connectivity index (χ0) is 13.4. The molecule has 0 aromatic carbocycles. The summed E-state index contributed by atoms with van der Waals surface area (Å²) in [7, 11) is 1.94. The van der Waals surface area contributed by atoms with Crippen LogP contribution in [0.25, 0.3) is 0 Å². The van der Waals surface area contributed by atoms with Gasteiger partial charge in [0.05, 0.1) is 5.92 Å². The summed E-state index contributed by atoms with van der Waals surface area (Å²) in [5.74, 6) is 1.90. The third kappa shape index (κ3) is 2.38. The Morgan fingerprint density at radius 1 is 1.21 bits per heavy atom. The fourth-order valence-electron chi connectivity index (χ4n) is 3.57. The highest BCUT2D eigenvalue weighted by molar-refractivity contribution is 5.70. The van der Waals surface area contributed by atoms with Crippen LogP contribution in [0.3, 0.4) is 0 Å². The molecule has 0 radical (unpaired) electrons. The average Bonchev–Trinajstić information content (AvgIpc) is 3.08. The third-order valence-corrected chi connectivity index (χ3v) is 4.68. The van der Waals surface area contributed by atoms with Gasteiger partial charge in [-0.3, -0.25) is 9.48 Å². The van der Waals surface area contributed by atoms with Crippen LogP contribution in [0.15, 0.2) is 0 Å². The molecule has 0 spiro atoms. The second kappa shape index (κ2) is 4.94. The molecule has 1 aromatic heterocycles. The van der Waals surface area contributed by atoms with Crippen molar-refractivity contribution < 1.29 is 9.90 Å². The van der Waals surface area contributed by atoms with Crippen LogP contribution in [0.5, 0.6) is 0 Å². The van der Waals surface area contributed by atoms with Crippen LogP contribution in [0.2, 0.25) is 0 Å². The van der Waals surface area contributed by atoms with Gasteiger partial charge in [0.1, 0.15) is 5.82 Å². The van der Waals surface area contributed by atoms with Crippen molar-refractivity contribution in [1.29, 1.82) is 0 Å². The van der Waals surface area contributed by atoms with E-state index in [2.05, 4.69) is 5.10 Å². The Bertz CT molecular complexity index is 477. The summed E-state index contributed by atoms with van der Waals surface area (Å²) in [6.07, 6.45) is 7.37. The lowest BCUT2D eigenvalue weighted by Gasteiger charge is -2.07. The van der Waals surface area contributed by atoms with Crippen LogP contribution >= 0.6 is 0 Å². The van der Waals surface area contributed by atoms with Crippen molar-refractivity contribution >= 4 is 5.97 Å². The second-order valence-corrected chi connectivity index (χ2v) is 5.98. The molecule has 0 bridgehead atoms. The molecule has 0 aliphatic heterocycles. The first-order valence-corrected chi connectivity index (χ1v) is 7.28. The number of carboxylic acids is 1. The van der Waals surface area contributed by atoms with Crippen LogP contribution in [-0.4, -0.2) is 25.8 Å². The van der Waals surface area contributed by atoms with Crippen LogP contribution in [0, 0.1) is 5.92 Å². The van der Waals surface area contributed by atoms with E-state index in [1.165, 1.54) is 25.7 Å². The topological polar surface area (TPSA) is 68.0 Å². The zero-order valence-corrected chi connectivity index (χ0v) is 11.4. The molecule has 1 N–H and O–H groups in total. The highest BCUT2D eigenvalue weighted by atomic mass is 16.4. The van der Waals surface area contributed by atoms with Crippen molar-refractivity contribution in [2.45, 2.75) is 56.8 Å². The summed E-state index contributed by atoms with van der Waals surface area (Å²) in [6, 6.07) is 0. The molecule has 2 saturated carbocycles. The van der Waals surface area contributed by atoms with E-state index in [1.807, 2.05) is 11.7 Å². The van der Waals surface area contributed by atoms with Gasteiger partial charge in [0.15, 0.2) is 5.82 Å². The van der Waals surface area contributed by atoms with Gasteiger partial charge in [-0.2, -0.15) is 5.10 Å². The molecule has 5 heteroatoms. The fraction of sp³-hybridized carbons (Fsp3) is 0.786. The molecule has 2 atom stereocenters. The van der Waals surface area contributed by atoms with Crippen LogP contribution < -0.4 is 0 Å². The molecule has 2 aliphatic rings. The zero-order valence-electron chi connectivity index (χ0n) is 11.4. The number of aryl methyl sites for hydroxylation is 1. The maximum atomic E-state index is 11.0. The fourth-order valence-corrected chi connectivity index (χ4v) is 3.57. The summed E-state index contributed by atoms with van der Waals surface area (Å²) in [4.78, 5) is 15.8. The van der Waals surface area contributed by atoms with Crippen molar-refractivity contribution in [2.24, 2.45) is 13.0 Å². The number of hydrogen-bond acceptors (Lipinski definition) is 3. The predicted octanol–water partition coefficient (Wildman–Crippen LogP) is 2.44. The van der Waals surface area contributed by atoms with Crippen LogP contribution in [0.4, 0.5) is 0 Å². The van der Waals surface area contributed by atoms with E-state index in [-0.39, 0.29) is 11.8 Å². The Morgan fingerprint density at radius 2 is 1.95 bits per heavy atom. The first-order valence-electron chi connectivity index (χ1n) is 7.28. The van der Waals surface area contributed by atoms with E-state index < -0.39 is 5.97 Å². The molecule has 2 aliphatic carbocycles.